The zero-order chi connectivity index (χ0) is 12.5. The van der Waals surface area contributed by atoms with Crippen LogP contribution in [0, 0.1) is 0 Å². The van der Waals surface area contributed by atoms with Crippen molar-refractivity contribution in [3.63, 3.8) is 0 Å². The van der Waals surface area contributed by atoms with E-state index in [2.05, 4.69) is 27.6 Å². The van der Waals surface area contributed by atoms with Gasteiger partial charge < -0.3 is 5.32 Å². The maximum absolute atomic E-state index is 5.42. The van der Waals surface area contributed by atoms with E-state index < -0.39 is 0 Å². The van der Waals surface area contributed by atoms with Gasteiger partial charge in [0.25, 0.3) is 0 Å². The largest absolute Gasteiger partial charge is 0.349 e. The van der Waals surface area contributed by atoms with Gasteiger partial charge in [0.15, 0.2) is 0 Å². The van der Waals surface area contributed by atoms with E-state index >= 15 is 0 Å². The second kappa shape index (κ2) is 7.62. The van der Waals surface area contributed by atoms with Gasteiger partial charge in [-0.25, -0.2) is 5.84 Å². The van der Waals surface area contributed by atoms with Gasteiger partial charge in [0.2, 0.25) is 5.96 Å². The highest BCUT2D eigenvalue weighted by Crippen LogP contribution is 2.09. The number of rotatable bonds is 5. The van der Waals surface area contributed by atoms with Crippen LogP contribution in [0.2, 0.25) is 0 Å². The number of hydrogen-bond acceptors (Lipinski definition) is 3. The van der Waals surface area contributed by atoms with E-state index in [0.29, 0.717) is 5.96 Å². The Morgan fingerprint density at radius 2 is 2.41 bits per heavy atom. The molecule has 0 amide bonds. The molecule has 1 unspecified atom stereocenters. The molecule has 1 aromatic rings. The SMILES string of the molecule is CCCCN=C(NN)NC(C)c1cccnc1. The average molecular weight is 235 g/mol. The highest BCUT2D eigenvalue weighted by Gasteiger charge is 2.06. The van der Waals surface area contributed by atoms with Gasteiger partial charge in [-0.05, 0) is 25.0 Å². The molecule has 1 rings (SSSR count). The highest BCUT2D eigenvalue weighted by atomic mass is 15.3. The molecule has 0 aliphatic heterocycles. The minimum absolute atomic E-state index is 0.125. The molecular weight excluding hydrogens is 214 g/mol. The molecule has 4 N–H and O–H groups in total. The summed E-state index contributed by atoms with van der Waals surface area (Å²) in [5.41, 5.74) is 3.68. The van der Waals surface area contributed by atoms with E-state index in [1.807, 2.05) is 25.3 Å². The molecule has 5 nitrogen and oxygen atoms in total. The van der Waals surface area contributed by atoms with E-state index in [-0.39, 0.29) is 6.04 Å². The van der Waals surface area contributed by atoms with Crippen LogP contribution in [0.5, 0.6) is 0 Å². The van der Waals surface area contributed by atoms with Crippen LogP contribution >= 0.6 is 0 Å². The van der Waals surface area contributed by atoms with Crippen LogP contribution in [0.4, 0.5) is 0 Å². The maximum atomic E-state index is 5.42. The molecule has 0 aromatic carbocycles. The van der Waals surface area contributed by atoms with E-state index in [4.69, 9.17) is 5.84 Å². The summed E-state index contributed by atoms with van der Waals surface area (Å²) >= 11 is 0. The molecule has 1 heterocycles. The van der Waals surface area contributed by atoms with Crippen LogP contribution in [0.3, 0.4) is 0 Å². The van der Waals surface area contributed by atoms with Crippen molar-refractivity contribution in [2.75, 3.05) is 6.54 Å². The lowest BCUT2D eigenvalue weighted by atomic mass is 10.1. The summed E-state index contributed by atoms with van der Waals surface area (Å²) in [7, 11) is 0. The van der Waals surface area contributed by atoms with Crippen molar-refractivity contribution in [3.05, 3.63) is 30.1 Å². The summed E-state index contributed by atoms with van der Waals surface area (Å²) in [5.74, 6) is 6.04. The number of aromatic nitrogens is 1. The van der Waals surface area contributed by atoms with Crippen LogP contribution in [-0.2, 0) is 0 Å². The molecule has 1 aromatic heterocycles. The fourth-order valence-corrected chi connectivity index (χ4v) is 1.40. The van der Waals surface area contributed by atoms with Crippen molar-refractivity contribution < 1.29 is 0 Å². The summed E-state index contributed by atoms with van der Waals surface area (Å²) < 4.78 is 0. The summed E-state index contributed by atoms with van der Waals surface area (Å²) in [4.78, 5) is 8.43. The lowest BCUT2D eigenvalue weighted by molar-refractivity contribution is 0.681. The molecule has 0 radical (unpaired) electrons. The predicted molar refractivity (Wildman–Crippen MR) is 70.3 cm³/mol. The third-order valence-corrected chi connectivity index (χ3v) is 2.46. The number of nitrogens with zero attached hydrogens (tertiary/aromatic N) is 2. The first kappa shape index (κ1) is 13.4. The molecule has 0 aliphatic rings. The first-order chi connectivity index (χ1) is 8.27. The first-order valence-corrected chi connectivity index (χ1v) is 5.95. The van der Waals surface area contributed by atoms with Gasteiger partial charge in [0.1, 0.15) is 0 Å². The van der Waals surface area contributed by atoms with Gasteiger partial charge in [-0.1, -0.05) is 19.4 Å². The fourth-order valence-electron chi connectivity index (χ4n) is 1.40. The summed E-state index contributed by atoms with van der Waals surface area (Å²) in [6, 6.07) is 4.06. The number of hydrogen-bond donors (Lipinski definition) is 3. The quantitative estimate of drug-likeness (QED) is 0.237. The summed E-state index contributed by atoms with van der Waals surface area (Å²) in [6.45, 7) is 4.96. The Labute approximate surface area is 103 Å². The molecule has 0 bridgehead atoms. The molecule has 1 atom stereocenters. The van der Waals surface area contributed by atoms with Gasteiger partial charge in [-0.2, -0.15) is 0 Å². The third kappa shape index (κ3) is 4.82. The van der Waals surface area contributed by atoms with Gasteiger partial charge in [-0.3, -0.25) is 15.4 Å². The van der Waals surface area contributed by atoms with Crippen LogP contribution in [-0.4, -0.2) is 17.5 Å². The maximum Gasteiger partial charge on any atom is 0.206 e. The number of guanidine groups is 1. The number of aliphatic imine (C=N–C) groups is 1. The molecule has 0 spiro atoms. The molecule has 5 heteroatoms. The first-order valence-electron chi connectivity index (χ1n) is 5.95. The Morgan fingerprint density at radius 1 is 1.59 bits per heavy atom. The molecule has 0 saturated carbocycles. The van der Waals surface area contributed by atoms with Crippen LogP contribution < -0.4 is 16.6 Å². The number of hydrazine groups is 1. The normalized spacial score (nSPS) is 13.2. The Kier molecular flexibility index (Phi) is 6.03. The van der Waals surface area contributed by atoms with Crippen LogP contribution in [0.1, 0.15) is 38.3 Å². The average Bonchev–Trinajstić information content (AvgIpc) is 2.38. The fraction of sp³-hybridized carbons (Fsp3) is 0.500. The van der Waals surface area contributed by atoms with Crippen molar-refractivity contribution in [2.24, 2.45) is 10.8 Å². The van der Waals surface area contributed by atoms with Crippen molar-refractivity contribution >= 4 is 5.96 Å². The van der Waals surface area contributed by atoms with E-state index in [0.717, 1.165) is 24.9 Å². The Bertz CT molecular complexity index is 336. The monoisotopic (exact) mass is 235 g/mol. The molecule has 17 heavy (non-hydrogen) atoms. The Morgan fingerprint density at radius 3 is 3.00 bits per heavy atom. The minimum atomic E-state index is 0.125. The van der Waals surface area contributed by atoms with Crippen molar-refractivity contribution in [2.45, 2.75) is 32.7 Å². The number of unbranched alkanes of at least 4 members (excludes halogenated alkanes) is 1. The van der Waals surface area contributed by atoms with Gasteiger partial charge in [0, 0.05) is 18.9 Å². The molecular formula is C12H21N5. The summed E-state index contributed by atoms with van der Waals surface area (Å²) in [6.07, 6.45) is 5.78. The van der Waals surface area contributed by atoms with Crippen molar-refractivity contribution in [1.82, 2.24) is 15.7 Å². The number of nitrogens with one attached hydrogen (secondary N) is 2. The molecule has 0 saturated heterocycles. The van der Waals surface area contributed by atoms with Gasteiger partial charge in [0.05, 0.1) is 6.04 Å². The molecule has 0 fully saturated rings. The second-order valence-electron chi connectivity index (χ2n) is 3.88. The zero-order valence-electron chi connectivity index (χ0n) is 10.5. The van der Waals surface area contributed by atoms with Crippen molar-refractivity contribution in [3.8, 4) is 0 Å². The standard InChI is InChI=1S/C12H21N5/c1-3-4-8-15-12(17-13)16-10(2)11-6-5-7-14-9-11/h5-7,9-10H,3-4,8,13H2,1-2H3,(H2,15,16,17). The lowest BCUT2D eigenvalue weighted by Crippen LogP contribution is -2.42. The molecule has 94 valence electrons. The van der Waals surface area contributed by atoms with E-state index in [1.54, 1.807) is 6.20 Å². The lowest BCUT2D eigenvalue weighted by Gasteiger charge is -2.16. The summed E-state index contributed by atoms with van der Waals surface area (Å²) in [5, 5.41) is 3.22. The Balaban J connectivity index is 2.53. The molecule has 0 aliphatic carbocycles. The predicted octanol–water partition coefficient (Wildman–Crippen LogP) is 1.35. The van der Waals surface area contributed by atoms with E-state index in [1.165, 1.54) is 0 Å². The van der Waals surface area contributed by atoms with Gasteiger partial charge >= 0.3 is 0 Å². The number of pyridine rings is 1. The zero-order valence-corrected chi connectivity index (χ0v) is 10.5. The Hall–Kier alpha value is -1.62. The van der Waals surface area contributed by atoms with Gasteiger partial charge in [-0.15, -0.1) is 0 Å². The third-order valence-electron chi connectivity index (χ3n) is 2.46. The van der Waals surface area contributed by atoms with Crippen LogP contribution in [0.15, 0.2) is 29.5 Å². The highest BCUT2D eigenvalue weighted by molar-refractivity contribution is 5.79. The number of nitrogens with two attached hydrogens (primary N) is 1. The van der Waals surface area contributed by atoms with Crippen molar-refractivity contribution in [1.29, 1.82) is 0 Å². The van der Waals surface area contributed by atoms with E-state index in [9.17, 15) is 0 Å². The topological polar surface area (TPSA) is 75.3 Å². The smallest absolute Gasteiger partial charge is 0.206 e. The second-order valence-corrected chi connectivity index (χ2v) is 3.88. The van der Waals surface area contributed by atoms with Crippen LogP contribution in [0.25, 0.3) is 0 Å². The minimum Gasteiger partial charge on any atom is -0.349 e.